The first-order valence-electron chi connectivity index (χ1n) is 7.76. The molecule has 0 bridgehead atoms. The van der Waals surface area contributed by atoms with Gasteiger partial charge in [0.05, 0.1) is 13.2 Å². The van der Waals surface area contributed by atoms with Crippen molar-refractivity contribution in [2.75, 3.05) is 13.2 Å². The number of rotatable bonds is 1. The zero-order valence-corrected chi connectivity index (χ0v) is 12.8. The Morgan fingerprint density at radius 1 is 0.955 bits per heavy atom. The first-order valence-corrected chi connectivity index (χ1v) is 7.76. The Balaban J connectivity index is 2.04. The number of ether oxygens (including phenoxy) is 1. The fourth-order valence-corrected chi connectivity index (χ4v) is 3.42. The summed E-state index contributed by atoms with van der Waals surface area (Å²) < 4.78 is 8.06. The van der Waals surface area contributed by atoms with Crippen LogP contribution in [0.2, 0.25) is 0 Å². The molecule has 0 fully saturated rings. The Morgan fingerprint density at radius 2 is 1.73 bits per heavy atom. The molecule has 4 rings (SSSR count). The van der Waals surface area contributed by atoms with Crippen LogP contribution in [0, 0.1) is 0 Å². The van der Waals surface area contributed by atoms with E-state index in [2.05, 4.69) is 72.3 Å². The van der Waals surface area contributed by atoms with E-state index in [1.165, 1.54) is 33.3 Å². The predicted molar refractivity (Wildman–Crippen MR) is 91.0 cm³/mol. The molecular formula is C20H19NO. The Morgan fingerprint density at radius 3 is 2.59 bits per heavy atom. The molecule has 22 heavy (non-hydrogen) atoms. The number of hydrogen-bond donors (Lipinski definition) is 0. The summed E-state index contributed by atoms with van der Waals surface area (Å²) in [6, 6.07) is 19.3. The van der Waals surface area contributed by atoms with Crippen LogP contribution in [-0.2, 0) is 18.2 Å². The standard InChI is InChI=1S/C20H19NO/c1-21-18-10-6-5-9-17(18)20-16(15-7-3-2-4-8-15)11-13-22-14-12-19(20)21/h2-11H,12-14H2,1H3/b16-11-. The van der Waals surface area contributed by atoms with Crippen LogP contribution >= 0.6 is 0 Å². The maximum Gasteiger partial charge on any atom is 0.0656 e. The maximum atomic E-state index is 5.74. The van der Waals surface area contributed by atoms with Gasteiger partial charge in [-0.25, -0.2) is 0 Å². The lowest BCUT2D eigenvalue weighted by atomic mass is 9.93. The average Bonchev–Trinajstić information content (AvgIpc) is 2.81. The molecule has 0 saturated carbocycles. The zero-order valence-electron chi connectivity index (χ0n) is 12.8. The molecule has 1 aliphatic rings. The van der Waals surface area contributed by atoms with E-state index in [1.54, 1.807) is 0 Å². The molecule has 2 aromatic carbocycles. The highest BCUT2D eigenvalue weighted by atomic mass is 16.5. The third-order valence-electron chi connectivity index (χ3n) is 4.47. The van der Waals surface area contributed by atoms with Gasteiger partial charge in [-0.1, -0.05) is 54.6 Å². The van der Waals surface area contributed by atoms with Crippen molar-refractivity contribution in [3.63, 3.8) is 0 Å². The van der Waals surface area contributed by atoms with Gasteiger partial charge in [-0.2, -0.15) is 0 Å². The highest BCUT2D eigenvalue weighted by Gasteiger charge is 2.20. The molecule has 0 unspecified atom stereocenters. The van der Waals surface area contributed by atoms with Gasteiger partial charge >= 0.3 is 0 Å². The lowest BCUT2D eigenvalue weighted by molar-refractivity contribution is 0.164. The molecule has 1 aliphatic heterocycles. The normalized spacial score (nSPS) is 17.4. The number of fused-ring (bicyclic) bond motifs is 3. The van der Waals surface area contributed by atoms with Crippen LogP contribution in [0.4, 0.5) is 0 Å². The molecule has 2 nitrogen and oxygen atoms in total. The molecule has 2 heteroatoms. The van der Waals surface area contributed by atoms with Crippen LogP contribution in [0.15, 0.2) is 60.7 Å². The second-order valence-corrected chi connectivity index (χ2v) is 5.71. The summed E-state index contributed by atoms with van der Waals surface area (Å²) in [7, 11) is 2.16. The first-order chi connectivity index (χ1) is 10.9. The summed E-state index contributed by atoms with van der Waals surface area (Å²) >= 11 is 0. The summed E-state index contributed by atoms with van der Waals surface area (Å²) in [5.41, 5.74) is 6.55. The topological polar surface area (TPSA) is 14.2 Å². The van der Waals surface area contributed by atoms with Gasteiger partial charge in [0.2, 0.25) is 0 Å². The molecule has 0 atom stereocenters. The van der Waals surface area contributed by atoms with Crippen LogP contribution in [0.5, 0.6) is 0 Å². The van der Waals surface area contributed by atoms with Crippen molar-refractivity contribution >= 4 is 16.5 Å². The summed E-state index contributed by atoms with van der Waals surface area (Å²) in [5.74, 6) is 0. The van der Waals surface area contributed by atoms with Crippen LogP contribution in [0.1, 0.15) is 16.8 Å². The first kappa shape index (κ1) is 13.4. The van der Waals surface area contributed by atoms with E-state index in [9.17, 15) is 0 Å². The minimum Gasteiger partial charge on any atom is -0.377 e. The van der Waals surface area contributed by atoms with Crippen molar-refractivity contribution in [3.05, 3.63) is 77.5 Å². The van der Waals surface area contributed by atoms with Gasteiger partial charge in [0.1, 0.15) is 0 Å². The van der Waals surface area contributed by atoms with E-state index in [4.69, 9.17) is 4.74 Å². The lowest BCUT2D eigenvalue weighted by Crippen LogP contribution is -2.09. The molecule has 0 saturated heterocycles. The van der Waals surface area contributed by atoms with Crippen molar-refractivity contribution < 1.29 is 4.74 Å². The molecule has 2 heterocycles. The Hall–Kier alpha value is -2.32. The Kier molecular flexibility index (Phi) is 3.32. The van der Waals surface area contributed by atoms with Crippen molar-refractivity contribution in [1.29, 1.82) is 0 Å². The summed E-state index contributed by atoms with van der Waals surface area (Å²) in [5, 5.41) is 1.33. The minimum absolute atomic E-state index is 0.674. The third-order valence-corrected chi connectivity index (χ3v) is 4.47. The summed E-state index contributed by atoms with van der Waals surface area (Å²) in [4.78, 5) is 0. The second-order valence-electron chi connectivity index (χ2n) is 5.71. The highest BCUT2D eigenvalue weighted by molar-refractivity contribution is 5.99. The number of benzene rings is 2. The molecule has 3 aromatic rings. The zero-order chi connectivity index (χ0) is 14.9. The van der Waals surface area contributed by atoms with Crippen LogP contribution in [-0.4, -0.2) is 17.8 Å². The molecule has 110 valence electrons. The molecular weight excluding hydrogens is 270 g/mol. The molecule has 0 radical (unpaired) electrons. The number of aromatic nitrogens is 1. The van der Waals surface area contributed by atoms with Crippen molar-refractivity contribution in [2.45, 2.75) is 6.42 Å². The van der Waals surface area contributed by atoms with Gasteiger partial charge in [0.25, 0.3) is 0 Å². The maximum absolute atomic E-state index is 5.74. The van der Waals surface area contributed by atoms with E-state index in [-0.39, 0.29) is 0 Å². The quantitative estimate of drug-likeness (QED) is 0.655. The second kappa shape index (κ2) is 5.47. The van der Waals surface area contributed by atoms with Crippen LogP contribution < -0.4 is 0 Å². The van der Waals surface area contributed by atoms with E-state index in [0.717, 1.165) is 13.0 Å². The monoisotopic (exact) mass is 289 g/mol. The van der Waals surface area contributed by atoms with Crippen molar-refractivity contribution in [1.82, 2.24) is 4.57 Å². The number of nitrogens with zero attached hydrogens (tertiary/aromatic N) is 1. The van der Waals surface area contributed by atoms with Crippen LogP contribution in [0.3, 0.4) is 0 Å². The van der Waals surface area contributed by atoms with E-state index < -0.39 is 0 Å². The van der Waals surface area contributed by atoms with Gasteiger partial charge in [-0.3, -0.25) is 0 Å². The Labute approximate surface area is 130 Å². The van der Waals surface area contributed by atoms with E-state index >= 15 is 0 Å². The van der Waals surface area contributed by atoms with Gasteiger partial charge < -0.3 is 9.30 Å². The smallest absolute Gasteiger partial charge is 0.0656 e. The molecule has 0 N–H and O–H groups in total. The molecule has 0 spiro atoms. The molecule has 1 aromatic heterocycles. The number of para-hydroxylation sites is 1. The number of aryl methyl sites for hydroxylation is 1. The molecule has 0 amide bonds. The van der Waals surface area contributed by atoms with Gasteiger partial charge in [-0.05, 0) is 17.2 Å². The van der Waals surface area contributed by atoms with Crippen LogP contribution in [0.25, 0.3) is 16.5 Å². The van der Waals surface area contributed by atoms with E-state index in [1.807, 2.05) is 0 Å². The Bertz CT molecular complexity index is 843. The summed E-state index contributed by atoms with van der Waals surface area (Å²) in [6.07, 6.45) is 3.17. The predicted octanol–water partition coefficient (Wildman–Crippen LogP) is 4.18. The number of hydrogen-bond acceptors (Lipinski definition) is 1. The van der Waals surface area contributed by atoms with Crippen molar-refractivity contribution in [3.8, 4) is 0 Å². The van der Waals surface area contributed by atoms with Crippen molar-refractivity contribution in [2.24, 2.45) is 7.05 Å². The largest absolute Gasteiger partial charge is 0.377 e. The molecule has 0 aliphatic carbocycles. The lowest BCUT2D eigenvalue weighted by Gasteiger charge is -2.15. The summed E-state index contributed by atoms with van der Waals surface area (Å²) in [6.45, 7) is 1.45. The fourth-order valence-electron chi connectivity index (χ4n) is 3.42. The van der Waals surface area contributed by atoms with Gasteiger partial charge in [0.15, 0.2) is 0 Å². The van der Waals surface area contributed by atoms with E-state index in [0.29, 0.717) is 6.61 Å². The SMILES string of the molecule is Cn1c2c(c3ccccc31)/C(c1ccccc1)=C\COCC2. The minimum atomic E-state index is 0.674. The fraction of sp³-hybridized carbons (Fsp3) is 0.200. The van der Waals surface area contributed by atoms with Gasteiger partial charge in [0, 0.05) is 35.6 Å². The van der Waals surface area contributed by atoms with Gasteiger partial charge in [-0.15, -0.1) is 0 Å². The third kappa shape index (κ3) is 2.08. The highest BCUT2D eigenvalue weighted by Crippen LogP contribution is 2.35. The average molecular weight is 289 g/mol.